The standard InChI is InChI=1S/C12H11ClN2O3S/c1-8-6-15(7-11(8)16)19(17,18)12-3-2-10(13)4-9(12)5-14/h2-4,11,16H,1,6-7H2/t11-/m1/s1. The molecule has 2 rings (SSSR count). The van der Waals surface area contributed by atoms with Gasteiger partial charge < -0.3 is 5.11 Å². The smallest absolute Gasteiger partial charge is 0.244 e. The van der Waals surface area contributed by atoms with Crippen LogP contribution >= 0.6 is 11.6 Å². The van der Waals surface area contributed by atoms with Crippen LogP contribution in [0.25, 0.3) is 0 Å². The summed E-state index contributed by atoms with van der Waals surface area (Å²) >= 11 is 5.74. The van der Waals surface area contributed by atoms with Crippen LogP contribution in [-0.2, 0) is 10.0 Å². The van der Waals surface area contributed by atoms with E-state index in [1.165, 1.54) is 18.2 Å². The Balaban J connectivity index is 2.47. The quantitative estimate of drug-likeness (QED) is 0.830. The molecule has 0 saturated carbocycles. The minimum absolute atomic E-state index is 0.0143. The van der Waals surface area contributed by atoms with Crippen LogP contribution in [0.15, 0.2) is 35.2 Å². The zero-order valence-corrected chi connectivity index (χ0v) is 11.4. The molecule has 0 aliphatic carbocycles. The lowest BCUT2D eigenvalue weighted by molar-refractivity contribution is 0.217. The van der Waals surface area contributed by atoms with E-state index in [0.29, 0.717) is 10.6 Å². The number of nitrogens with zero attached hydrogens (tertiary/aromatic N) is 2. The van der Waals surface area contributed by atoms with Gasteiger partial charge in [-0.15, -0.1) is 0 Å². The molecule has 0 unspecified atom stereocenters. The average molecular weight is 299 g/mol. The van der Waals surface area contributed by atoms with Crippen LogP contribution in [0.5, 0.6) is 0 Å². The monoisotopic (exact) mass is 298 g/mol. The number of benzene rings is 1. The lowest BCUT2D eigenvalue weighted by Gasteiger charge is -2.16. The van der Waals surface area contributed by atoms with Crippen molar-refractivity contribution in [1.29, 1.82) is 5.26 Å². The number of hydrogen-bond donors (Lipinski definition) is 1. The van der Waals surface area contributed by atoms with Crippen LogP contribution in [0.2, 0.25) is 5.02 Å². The van der Waals surface area contributed by atoms with Crippen molar-refractivity contribution in [2.75, 3.05) is 13.1 Å². The molecule has 0 spiro atoms. The highest BCUT2D eigenvalue weighted by Gasteiger charge is 2.35. The Hall–Kier alpha value is -1.39. The molecular weight excluding hydrogens is 288 g/mol. The Kier molecular flexibility index (Phi) is 3.65. The molecule has 1 saturated heterocycles. The number of nitriles is 1. The van der Waals surface area contributed by atoms with E-state index in [-0.39, 0.29) is 23.5 Å². The van der Waals surface area contributed by atoms with E-state index in [1.807, 2.05) is 6.07 Å². The summed E-state index contributed by atoms with van der Waals surface area (Å²) in [5.41, 5.74) is 0.426. The van der Waals surface area contributed by atoms with E-state index < -0.39 is 16.1 Å². The maximum Gasteiger partial charge on any atom is 0.244 e. The van der Waals surface area contributed by atoms with Crippen molar-refractivity contribution in [2.24, 2.45) is 0 Å². The van der Waals surface area contributed by atoms with E-state index in [2.05, 4.69) is 6.58 Å². The Morgan fingerprint density at radius 3 is 2.74 bits per heavy atom. The van der Waals surface area contributed by atoms with Crippen LogP contribution < -0.4 is 0 Å². The molecule has 1 aliphatic rings. The van der Waals surface area contributed by atoms with Gasteiger partial charge in [-0.05, 0) is 23.8 Å². The number of sulfonamides is 1. The van der Waals surface area contributed by atoms with Gasteiger partial charge in [0.25, 0.3) is 0 Å². The summed E-state index contributed by atoms with van der Waals surface area (Å²) < 4.78 is 25.9. The lowest BCUT2D eigenvalue weighted by atomic mass is 10.2. The van der Waals surface area contributed by atoms with E-state index in [1.54, 1.807) is 0 Å². The fraction of sp³-hybridized carbons (Fsp3) is 0.250. The largest absolute Gasteiger partial charge is 0.387 e. The van der Waals surface area contributed by atoms with E-state index in [9.17, 15) is 13.5 Å². The summed E-state index contributed by atoms with van der Waals surface area (Å²) in [7, 11) is -3.83. The van der Waals surface area contributed by atoms with Gasteiger partial charge >= 0.3 is 0 Å². The maximum absolute atomic E-state index is 12.4. The summed E-state index contributed by atoms with van der Waals surface area (Å²) in [4.78, 5) is -0.110. The van der Waals surface area contributed by atoms with Crippen LogP contribution in [0, 0.1) is 11.3 Å². The van der Waals surface area contributed by atoms with Crippen molar-refractivity contribution in [3.8, 4) is 6.07 Å². The summed E-state index contributed by atoms with van der Waals surface area (Å²) in [5.74, 6) is 0. The molecular formula is C12H11ClN2O3S. The Bertz CT molecular complexity index is 679. The van der Waals surface area contributed by atoms with Gasteiger partial charge in [0.1, 0.15) is 11.0 Å². The number of aliphatic hydroxyl groups excluding tert-OH is 1. The third-order valence-electron chi connectivity index (χ3n) is 2.91. The van der Waals surface area contributed by atoms with Crippen molar-refractivity contribution in [3.05, 3.63) is 40.9 Å². The summed E-state index contributed by atoms with van der Waals surface area (Å²) in [6.45, 7) is 3.61. The van der Waals surface area contributed by atoms with Crippen molar-refractivity contribution in [1.82, 2.24) is 4.31 Å². The molecule has 0 amide bonds. The number of aliphatic hydroxyl groups is 1. The van der Waals surface area contributed by atoms with Gasteiger partial charge in [-0.2, -0.15) is 9.57 Å². The first-order valence-electron chi connectivity index (χ1n) is 5.42. The molecule has 1 aromatic carbocycles. The van der Waals surface area contributed by atoms with E-state index >= 15 is 0 Å². The van der Waals surface area contributed by atoms with Crippen LogP contribution in [0.3, 0.4) is 0 Å². The molecule has 1 heterocycles. The van der Waals surface area contributed by atoms with Crippen LogP contribution in [0.4, 0.5) is 0 Å². The molecule has 5 nitrogen and oxygen atoms in total. The van der Waals surface area contributed by atoms with Crippen molar-refractivity contribution >= 4 is 21.6 Å². The second-order valence-corrected chi connectivity index (χ2v) is 6.57. The van der Waals surface area contributed by atoms with Gasteiger partial charge in [-0.3, -0.25) is 0 Å². The zero-order valence-electron chi connectivity index (χ0n) is 9.88. The molecule has 100 valence electrons. The molecule has 0 aromatic heterocycles. The summed E-state index contributed by atoms with van der Waals surface area (Å²) in [6, 6.07) is 5.82. The van der Waals surface area contributed by atoms with Gasteiger partial charge in [0.05, 0.1) is 11.7 Å². The topological polar surface area (TPSA) is 81.4 Å². The molecule has 1 atom stereocenters. The Morgan fingerprint density at radius 1 is 1.53 bits per heavy atom. The molecule has 7 heteroatoms. The SMILES string of the molecule is C=C1CN(S(=O)(=O)c2ccc(Cl)cc2C#N)C[C@H]1O. The first-order valence-corrected chi connectivity index (χ1v) is 7.23. The van der Waals surface area contributed by atoms with Gasteiger partial charge in [0, 0.05) is 18.1 Å². The molecule has 1 aliphatic heterocycles. The minimum atomic E-state index is -3.83. The molecule has 1 aromatic rings. The Morgan fingerprint density at radius 2 is 2.21 bits per heavy atom. The number of hydrogen-bond acceptors (Lipinski definition) is 4. The highest BCUT2D eigenvalue weighted by atomic mass is 35.5. The summed E-state index contributed by atoms with van der Waals surface area (Å²) in [5, 5.41) is 18.8. The van der Waals surface area contributed by atoms with Crippen LogP contribution in [-0.4, -0.2) is 37.0 Å². The first kappa shape index (κ1) is 14.0. The van der Waals surface area contributed by atoms with Crippen LogP contribution in [0.1, 0.15) is 5.56 Å². The Labute approximate surface area is 116 Å². The lowest BCUT2D eigenvalue weighted by Crippen LogP contribution is -2.30. The van der Waals surface area contributed by atoms with Crippen molar-refractivity contribution in [3.63, 3.8) is 0 Å². The molecule has 0 bridgehead atoms. The van der Waals surface area contributed by atoms with Crippen molar-refractivity contribution in [2.45, 2.75) is 11.0 Å². The van der Waals surface area contributed by atoms with E-state index in [4.69, 9.17) is 16.9 Å². The summed E-state index contributed by atoms with van der Waals surface area (Å²) in [6.07, 6.45) is -0.868. The number of β-amino-alcohol motifs (C(OH)–C–C–N with tert-alkyl or cyclic N) is 1. The predicted octanol–water partition coefficient (Wildman–Crippen LogP) is 1.13. The van der Waals surface area contributed by atoms with Gasteiger partial charge in [-0.1, -0.05) is 18.2 Å². The van der Waals surface area contributed by atoms with Gasteiger partial charge in [0.2, 0.25) is 10.0 Å². The number of halogens is 1. The van der Waals surface area contributed by atoms with Gasteiger partial charge in [-0.25, -0.2) is 8.42 Å². The zero-order chi connectivity index (χ0) is 14.2. The predicted molar refractivity (Wildman–Crippen MR) is 70.1 cm³/mol. The maximum atomic E-state index is 12.4. The van der Waals surface area contributed by atoms with E-state index in [0.717, 1.165) is 4.31 Å². The molecule has 1 N–H and O–H groups in total. The third-order valence-corrected chi connectivity index (χ3v) is 5.01. The fourth-order valence-electron chi connectivity index (χ4n) is 1.86. The second kappa shape index (κ2) is 4.94. The highest BCUT2D eigenvalue weighted by Crippen LogP contribution is 2.27. The average Bonchev–Trinajstić information content (AvgIpc) is 2.70. The number of rotatable bonds is 2. The second-order valence-electron chi connectivity index (χ2n) is 4.22. The first-order chi connectivity index (χ1) is 8.86. The molecule has 19 heavy (non-hydrogen) atoms. The van der Waals surface area contributed by atoms with Gasteiger partial charge in [0.15, 0.2) is 0 Å². The van der Waals surface area contributed by atoms with Crippen molar-refractivity contribution < 1.29 is 13.5 Å². The third kappa shape index (κ3) is 2.51. The fourth-order valence-corrected chi connectivity index (χ4v) is 3.60. The highest BCUT2D eigenvalue weighted by molar-refractivity contribution is 7.89. The molecule has 1 fully saturated rings. The normalized spacial score (nSPS) is 20.5. The minimum Gasteiger partial charge on any atom is -0.387 e. The molecule has 0 radical (unpaired) electrons.